The molecule has 0 amide bonds. The molecule has 1 aromatic heterocycles. The van der Waals surface area contributed by atoms with Crippen molar-refractivity contribution in [3.05, 3.63) is 22.9 Å². The Labute approximate surface area is 84.3 Å². The lowest BCUT2D eigenvalue weighted by atomic mass is 10.2. The van der Waals surface area contributed by atoms with Gasteiger partial charge in [-0.15, -0.1) is 0 Å². The highest BCUT2D eigenvalue weighted by Gasteiger charge is 2.07. The van der Waals surface area contributed by atoms with Crippen LogP contribution in [0.5, 0.6) is 0 Å². The predicted molar refractivity (Wildman–Crippen MR) is 57.3 cm³/mol. The quantitative estimate of drug-likeness (QED) is 0.777. The van der Waals surface area contributed by atoms with Gasteiger partial charge < -0.3 is 5.73 Å². The first-order valence-electron chi connectivity index (χ1n) is 5.03. The van der Waals surface area contributed by atoms with E-state index in [1.165, 1.54) is 0 Å². The topological polar surface area (TPSA) is 52.9 Å². The molecule has 0 spiro atoms. The predicted octanol–water partition coefficient (Wildman–Crippen LogP) is 0.825. The highest BCUT2D eigenvalue weighted by Crippen LogP contribution is 2.01. The average Bonchev–Trinajstić information content (AvgIpc) is 2.48. The molecule has 0 saturated carbocycles. The summed E-state index contributed by atoms with van der Waals surface area (Å²) in [5.41, 5.74) is 5.57. The average molecular weight is 197 g/mol. The van der Waals surface area contributed by atoms with Crippen molar-refractivity contribution in [1.29, 1.82) is 0 Å². The maximum atomic E-state index is 11.7. The van der Waals surface area contributed by atoms with E-state index in [1.54, 1.807) is 9.13 Å². The van der Waals surface area contributed by atoms with Crippen molar-refractivity contribution < 1.29 is 0 Å². The Balaban J connectivity index is 2.85. The molecule has 0 aliphatic carbocycles. The van der Waals surface area contributed by atoms with Crippen LogP contribution in [0.1, 0.15) is 26.8 Å². The van der Waals surface area contributed by atoms with E-state index in [1.807, 2.05) is 33.2 Å². The van der Waals surface area contributed by atoms with Gasteiger partial charge in [0.25, 0.3) is 0 Å². The lowest BCUT2D eigenvalue weighted by Crippen LogP contribution is -2.28. The summed E-state index contributed by atoms with van der Waals surface area (Å²) in [5.74, 6) is 0.343. The first-order chi connectivity index (χ1) is 6.56. The lowest BCUT2D eigenvalue weighted by Gasteiger charge is -2.08. The number of hydrogen-bond acceptors (Lipinski definition) is 2. The van der Waals surface area contributed by atoms with Gasteiger partial charge in [0.05, 0.1) is 0 Å². The van der Waals surface area contributed by atoms with Crippen molar-refractivity contribution in [2.24, 2.45) is 11.7 Å². The Morgan fingerprint density at radius 1 is 1.36 bits per heavy atom. The van der Waals surface area contributed by atoms with E-state index in [4.69, 9.17) is 5.73 Å². The summed E-state index contributed by atoms with van der Waals surface area (Å²) >= 11 is 0. The number of rotatable bonds is 4. The van der Waals surface area contributed by atoms with Crippen LogP contribution in [0.15, 0.2) is 17.2 Å². The monoisotopic (exact) mass is 197 g/mol. The second-order valence-electron chi connectivity index (χ2n) is 4.07. The van der Waals surface area contributed by atoms with Crippen LogP contribution in [-0.2, 0) is 6.54 Å². The molecule has 0 bridgehead atoms. The fourth-order valence-electron chi connectivity index (χ4n) is 1.37. The highest BCUT2D eigenvalue weighted by molar-refractivity contribution is 4.84. The smallest absolute Gasteiger partial charge is 0.328 e. The van der Waals surface area contributed by atoms with Gasteiger partial charge >= 0.3 is 5.69 Å². The maximum Gasteiger partial charge on any atom is 0.328 e. The zero-order valence-corrected chi connectivity index (χ0v) is 9.10. The zero-order chi connectivity index (χ0) is 10.7. The fourth-order valence-corrected chi connectivity index (χ4v) is 1.37. The second kappa shape index (κ2) is 4.46. The van der Waals surface area contributed by atoms with Crippen LogP contribution in [0.4, 0.5) is 0 Å². The van der Waals surface area contributed by atoms with Gasteiger partial charge in [-0.25, -0.2) is 4.79 Å². The summed E-state index contributed by atoms with van der Waals surface area (Å²) in [5, 5.41) is 0. The molecule has 1 unspecified atom stereocenters. The minimum Gasteiger partial charge on any atom is -0.330 e. The first-order valence-corrected chi connectivity index (χ1v) is 5.03. The Hall–Kier alpha value is -1.03. The molecule has 2 N–H and O–H groups in total. The maximum absolute atomic E-state index is 11.7. The molecule has 0 saturated heterocycles. The number of hydrogen-bond donors (Lipinski definition) is 1. The van der Waals surface area contributed by atoms with Gasteiger partial charge in [0.2, 0.25) is 0 Å². The molecule has 80 valence electrons. The molecular weight excluding hydrogens is 178 g/mol. The number of nitrogens with two attached hydrogens (primary N) is 1. The van der Waals surface area contributed by atoms with Crippen molar-refractivity contribution in [2.75, 3.05) is 6.54 Å². The zero-order valence-electron chi connectivity index (χ0n) is 9.10. The molecule has 1 aromatic rings. The van der Waals surface area contributed by atoms with Crippen LogP contribution in [0.25, 0.3) is 0 Å². The molecule has 0 fully saturated rings. The van der Waals surface area contributed by atoms with Crippen molar-refractivity contribution in [2.45, 2.75) is 33.4 Å². The fraction of sp³-hybridized carbons (Fsp3) is 0.700. The van der Waals surface area contributed by atoms with Crippen LogP contribution in [0.2, 0.25) is 0 Å². The molecule has 0 aromatic carbocycles. The third kappa shape index (κ3) is 2.26. The van der Waals surface area contributed by atoms with E-state index in [-0.39, 0.29) is 11.7 Å². The van der Waals surface area contributed by atoms with Crippen LogP contribution in [-0.4, -0.2) is 15.7 Å². The normalized spacial score (nSPS) is 13.5. The van der Waals surface area contributed by atoms with Gasteiger partial charge in [0.1, 0.15) is 0 Å². The van der Waals surface area contributed by atoms with E-state index >= 15 is 0 Å². The van der Waals surface area contributed by atoms with Crippen molar-refractivity contribution in [1.82, 2.24) is 9.13 Å². The van der Waals surface area contributed by atoms with Crippen molar-refractivity contribution >= 4 is 0 Å². The summed E-state index contributed by atoms with van der Waals surface area (Å²) in [6.07, 6.45) is 3.66. The van der Waals surface area contributed by atoms with Gasteiger partial charge in [0.15, 0.2) is 0 Å². The summed E-state index contributed by atoms with van der Waals surface area (Å²) in [7, 11) is 0. The van der Waals surface area contributed by atoms with Gasteiger partial charge in [-0.3, -0.25) is 9.13 Å². The number of nitrogens with zero attached hydrogens (tertiary/aromatic N) is 2. The van der Waals surface area contributed by atoms with Crippen LogP contribution >= 0.6 is 0 Å². The van der Waals surface area contributed by atoms with E-state index in [2.05, 4.69) is 0 Å². The van der Waals surface area contributed by atoms with E-state index < -0.39 is 0 Å². The summed E-state index contributed by atoms with van der Waals surface area (Å²) in [6, 6.07) is 0.219. The van der Waals surface area contributed by atoms with Gasteiger partial charge in [0, 0.05) is 25.0 Å². The SMILES string of the molecule is CC(CN)Cn1ccn(C(C)C)c1=O. The second-order valence-corrected chi connectivity index (χ2v) is 4.07. The van der Waals surface area contributed by atoms with Crippen molar-refractivity contribution in [3.8, 4) is 0 Å². The number of imidazole rings is 1. The lowest BCUT2D eigenvalue weighted by molar-refractivity contribution is 0.467. The standard InChI is InChI=1S/C10H19N3O/c1-8(2)13-5-4-12(10(13)14)7-9(3)6-11/h4-5,8-9H,6-7,11H2,1-3H3. The summed E-state index contributed by atoms with van der Waals surface area (Å²) in [6.45, 7) is 7.35. The van der Waals surface area contributed by atoms with E-state index in [9.17, 15) is 4.79 Å². The van der Waals surface area contributed by atoms with Gasteiger partial charge in [-0.05, 0) is 26.3 Å². The third-order valence-corrected chi connectivity index (χ3v) is 2.34. The minimum atomic E-state index is 0.0558. The van der Waals surface area contributed by atoms with Crippen molar-refractivity contribution in [3.63, 3.8) is 0 Å². The molecule has 1 heterocycles. The molecule has 0 radical (unpaired) electrons. The summed E-state index contributed by atoms with van der Waals surface area (Å²) < 4.78 is 3.45. The largest absolute Gasteiger partial charge is 0.330 e. The molecule has 4 nitrogen and oxygen atoms in total. The molecule has 0 aliphatic heterocycles. The van der Waals surface area contributed by atoms with E-state index in [0.29, 0.717) is 19.0 Å². The Bertz CT molecular complexity index is 337. The van der Waals surface area contributed by atoms with Gasteiger partial charge in [-0.1, -0.05) is 6.92 Å². The minimum absolute atomic E-state index is 0.0558. The molecule has 1 rings (SSSR count). The van der Waals surface area contributed by atoms with Crippen LogP contribution < -0.4 is 11.4 Å². The van der Waals surface area contributed by atoms with Gasteiger partial charge in [-0.2, -0.15) is 0 Å². The summed E-state index contributed by atoms with van der Waals surface area (Å²) in [4.78, 5) is 11.7. The Kier molecular flexibility index (Phi) is 3.52. The molecule has 14 heavy (non-hydrogen) atoms. The highest BCUT2D eigenvalue weighted by atomic mass is 16.1. The third-order valence-electron chi connectivity index (χ3n) is 2.34. The first kappa shape index (κ1) is 11.0. The molecular formula is C10H19N3O. The molecule has 4 heteroatoms. The Morgan fingerprint density at radius 2 is 2.00 bits per heavy atom. The van der Waals surface area contributed by atoms with E-state index in [0.717, 1.165) is 0 Å². The van der Waals surface area contributed by atoms with Crippen LogP contribution in [0, 0.1) is 5.92 Å². The molecule has 1 atom stereocenters. The Morgan fingerprint density at radius 3 is 2.43 bits per heavy atom. The molecule has 0 aliphatic rings. The number of aromatic nitrogens is 2. The van der Waals surface area contributed by atoms with Crippen LogP contribution in [0.3, 0.4) is 0 Å².